The van der Waals surface area contributed by atoms with Crippen LogP contribution in [0.1, 0.15) is 19.8 Å². The third kappa shape index (κ3) is 4.00. The summed E-state index contributed by atoms with van der Waals surface area (Å²) < 4.78 is 0. The smallest absolute Gasteiger partial charge is 0.225 e. The summed E-state index contributed by atoms with van der Waals surface area (Å²) in [6.07, 6.45) is 2.77. The van der Waals surface area contributed by atoms with Crippen molar-refractivity contribution in [2.45, 2.75) is 25.8 Å². The Kier molecular flexibility index (Phi) is 4.07. The fourth-order valence-electron chi connectivity index (χ4n) is 1.00. The van der Waals surface area contributed by atoms with E-state index in [1.807, 2.05) is 13.0 Å². The molecule has 1 heterocycles. The number of carbonyl (C=O) groups is 1. The number of nitrogens with zero attached hydrogens (tertiary/aromatic N) is 1. The standard InChI is InChI=1S/C10H15N3O/c1-8(11)5-6-10(14)13-9-4-2-3-7-12-9/h2-4,7-8H,5-6,11H2,1H3,(H,12,13,14)/t8-/m0/s1. The van der Waals surface area contributed by atoms with E-state index < -0.39 is 0 Å². The van der Waals surface area contributed by atoms with E-state index in [0.717, 1.165) is 0 Å². The number of pyridine rings is 1. The Bertz CT molecular complexity index is 285. The summed E-state index contributed by atoms with van der Waals surface area (Å²) in [5, 5.41) is 2.69. The Morgan fingerprint density at radius 1 is 1.64 bits per heavy atom. The first-order valence-electron chi connectivity index (χ1n) is 4.65. The van der Waals surface area contributed by atoms with Crippen LogP contribution in [0.5, 0.6) is 0 Å². The second-order valence-electron chi connectivity index (χ2n) is 3.28. The number of hydrogen-bond donors (Lipinski definition) is 2. The van der Waals surface area contributed by atoms with Crippen molar-refractivity contribution >= 4 is 11.7 Å². The maximum atomic E-state index is 11.3. The summed E-state index contributed by atoms with van der Waals surface area (Å²) in [7, 11) is 0. The zero-order chi connectivity index (χ0) is 10.4. The number of rotatable bonds is 4. The molecule has 1 aromatic heterocycles. The molecule has 0 radical (unpaired) electrons. The quantitative estimate of drug-likeness (QED) is 0.753. The largest absolute Gasteiger partial charge is 0.328 e. The van der Waals surface area contributed by atoms with Crippen LogP contribution in [-0.2, 0) is 4.79 Å². The Labute approximate surface area is 83.5 Å². The normalized spacial score (nSPS) is 12.1. The van der Waals surface area contributed by atoms with Crippen LogP contribution in [0.25, 0.3) is 0 Å². The molecule has 0 aliphatic heterocycles. The average molecular weight is 193 g/mol. The zero-order valence-corrected chi connectivity index (χ0v) is 8.23. The second-order valence-corrected chi connectivity index (χ2v) is 3.28. The monoisotopic (exact) mass is 193 g/mol. The molecule has 1 aromatic rings. The van der Waals surface area contributed by atoms with E-state index in [1.165, 1.54) is 0 Å². The minimum Gasteiger partial charge on any atom is -0.328 e. The van der Waals surface area contributed by atoms with E-state index in [-0.39, 0.29) is 11.9 Å². The fourth-order valence-corrected chi connectivity index (χ4v) is 1.00. The van der Waals surface area contributed by atoms with Gasteiger partial charge in [0.1, 0.15) is 5.82 Å². The number of anilines is 1. The molecule has 0 spiro atoms. The maximum Gasteiger partial charge on any atom is 0.225 e. The van der Waals surface area contributed by atoms with Crippen molar-refractivity contribution < 1.29 is 4.79 Å². The topological polar surface area (TPSA) is 68.0 Å². The van der Waals surface area contributed by atoms with Gasteiger partial charge in [0, 0.05) is 18.7 Å². The highest BCUT2D eigenvalue weighted by Crippen LogP contribution is 2.02. The predicted molar refractivity (Wildman–Crippen MR) is 55.8 cm³/mol. The minimum absolute atomic E-state index is 0.0407. The first-order valence-corrected chi connectivity index (χ1v) is 4.65. The lowest BCUT2D eigenvalue weighted by Crippen LogP contribution is -2.19. The Balaban J connectivity index is 2.35. The molecule has 3 N–H and O–H groups in total. The Morgan fingerprint density at radius 3 is 3.00 bits per heavy atom. The van der Waals surface area contributed by atoms with E-state index in [1.54, 1.807) is 18.3 Å². The van der Waals surface area contributed by atoms with Gasteiger partial charge in [-0.2, -0.15) is 0 Å². The van der Waals surface area contributed by atoms with E-state index in [9.17, 15) is 4.79 Å². The molecule has 14 heavy (non-hydrogen) atoms. The lowest BCUT2D eigenvalue weighted by Gasteiger charge is -2.05. The lowest BCUT2D eigenvalue weighted by molar-refractivity contribution is -0.116. The summed E-state index contributed by atoms with van der Waals surface area (Å²) in [6, 6.07) is 5.44. The molecule has 1 amide bonds. The molecule has 1 rings (SSSR count). The van der Waals surface area contributed by atoms with Gasteiger partial charge in [-0.15, -0.1) is 0 Å². The molecule has 0 saturated carbocycles. The van der Waals surface area contributed by atoms with Crippen LogP contribution >= 0.6 is 0 Å². The van der Waals surface area contributed by atoms with E-state index in [2.05, 4.69) is 10.3 Å². The molecule has 4 heteroatoms. The van der Waals surface area contributed by atoms with Gasteiger partial charge in [0.25, 0.3) is 0 Å². The Morgan fingerprint density at radius 2 is 2.43 bits per heavy atom. The first-order chi connectivity index (χ1) is 6.68. The third-order valence-electron chi connectivity index (χ3n) is 1.76. The van der Waals surface area contributed by atoms with Gasteiger partial charge in [-0.25, -0.2) is 4.98 Å². The molecule has 0 aromatic carbocycles. The molecule has 0 aliphatic carbocycles. The van der Waals surface area contributed by atoms with Crippen molar-refractivity contribution in [3.63, 3.8) is 0 Å². The number of aromatic nitrogens is 1. The van der Waals surface area contributed by atoms with Gasteiger partial charge in [-0.3, -0.25) is 4.79 Å². The summed E-state index contributed by atoms with van der Waals surface area (Å²) in [5.74, 6) is 0.545. The van der Waals surface area contributed by atoms with E-state index >= 15 is 0 Å². The van der Waals surface area contributed by atoms with Gasteiger partial charge in [-0.05, 0) is 25.5 Å². The van der Waals surface area contributed by atoms with Crippen molar-refractivity contribution in [3.8, 4) is 0 Å². The zero-order valence-electron chi connectivity index (χ0n) is 8.23. The van der Waals surface area contributed by atoms with Gasteiger partial charge < -0.3 is 11.1 Å². The SMILES string of the molecule is C[C@H](N)CCC(=O)Nc1ccccn1. The molecule has 76 valence electrons. The molecule has 0 bridgehead atoms. The van der Waals surface area contributed by atoms with Crippen molar-refractivity contribution in [2.24, 2.45) is 5.73 Å². The number of nitrogens with one attached hydrogen (secondary N) is 1. The van der Waals surface area contributed by atoms with Crippen molar-refractivity contribution in [1.29, 1.82) is 0 Å². The van der Waals surface area contributed by atoms with Gasteiger partial charge >= 0.3 is 0 Å². The average Bonchev–Trinajstić information content (AvgIpc) is 2.16. The summed E-state index contributed by atoms with van der Waals surface area (Å²) in [5.41, 5.74) is 5.54. The Hall–Kier alpha value is -1.42. The van der Waals surface area contributed by atoms with Crippen LogP contribution in [0.2, 0.25) is 0 Å². The molecule has 0 saturated heterocycles. The molecular weight excluding hydrogens is 178 g/mol. The molecule has 0 fully saturated rings. The second kappa shape index (κ2) is 5.34. The maximum absolute atomic E-state index is 11.3. The summed E-state index contributed by atoms with van der Waals surface area (Å²) in [4.78, 5) is 15.3. The lowest BCUT2D eigenvalue weighted by atomic mass is 10.2. The number of carbonyl (C=O) groups excluding carboxylic acids is 1. The fraction of sp³-hybridized carbons (Fsp3) is 0.400. The van der Waals surface area contributed by atoms with E-state index in [0.29, 0.717) is 18.7 Å². The van der Waals surface area contributed by atoms with Gasteiger partial charge in [-0.1, -0.05) is 6.07 Å². The van der Waals surface area contributed by atoms with Crippen LogP contribution < -0.4 is 11.1 Å². The van der Waals surface area contributed by atoms with Gasteiger partial charge in [0.15, 0.2) is 0 Å². The van der Waals surface area contributed by atoms with Crippen LogP contribution in [0, 0.1) is 0 Å². The first kappa shape index (κ1) is 10.7. The predicted octanol–water partition coefficient (Wildman–Crippen LogP) is 1.15. The van der Waals surface area contributed by atoms with Crippen molar-refractivity contribution in [3.05, 3.63) is 24.4 Å². The number of hydrogen-bond acceptors (Lipinski definition) is 3. The highest BCUT2D eigenvalue weighted by atomic mass is 16.1. The van der Waals surface area contributed by atoms with Crippen molar-refractivity contribution in [2.75, 3.05) is 5.32 Å². The highest BCUT2D eigenvalue weighted by Gasteiger charge is 2.03. The summed E-state index contributed by atoms with van der Waals surface area (Å²) >= 11 is 0. The number of amides is 1. The molecule has 1 atom stereocenters. The third-order valence-corrected chi connectivity index (χ3v) is 1.76. The van der Waals surface area contributed by atoms with Crippen LogP contribution in [0.15, 0.2) is 24.4 Å². The van der Waals surface area contributed by atoms with Gasteiger partial charge in [0.2, 0.25) is 5.91 Å². The molecular formula is C10H15N3O. The van der Waals surface area contributed by atoms with E-state index in [4.69, 9.17) is 5.73 Å². The molecule has 0 aliphatic rings. The van der Waals surface area contributed by atoms with Crippen LogP contribution in [0.4, 0.5) is 5.82 Å². The van der Waals surface area contributed by atoms with Crippen molar-refractivity contribution in [1.82, 2.24) is 4.98 Å². The summed E-state index contributed by atoms with van der Waals surface area (Å²) in [6.45, 7) is 1.88. The molecule has 0 unspecified atom stereocenters. The highest BCUT2D eigenvalue weighted by molar-refractivity contribution is 5.89. The number of nitrogens with two attached hydrogens (primary N) is 1. The minimum atomic E-state index is -0.0407. The van der Waals surface area contributed by atoms with Crippen LogP contribution in [-0.4, -0.2) is 16.9 Å². The molecule has 4 nitrogen and oxygen atoms in total. The van der Waals surface area contributed by atoms with Crippen LogP contribution in [0.3, 0.4) is 0 Å². The van der Waals surface area contributed by atoms with Gasteiger partial charge in [0.05, 0.1) is 0 Å².